The van der Waals surface area contributed by atoms with Gasteiger partial charge in [0, 0.05) is 5.56 Å². The zero-order valence-electron chi connectivity index (χ0n) is 12.5. The predicted molar refractivity (Wildman–Crippen MR) is 79.8 cm³/mol. The molecule has 1 atom stereocenters. The summed E-state index contributed by atoms with van der Waals surface area (Å²) in [6, 6.07) is 7.60. The molecule has 0 aliphatic carbocycles. The molecular formula is C16H19N3O3. The van der Waals surface area contributed by atoms with E-state index in [0.29, 0.717) is 13.2 Å². The third-order valence-electron chi connectivity index (χ3n) is 4.05. The maximum Gasteiger partial charge on any atom is 0.249 e. The largest absolute Gasteiger partial charge is 0.394 e. The molecule has 1 amide bonds. The fraction of sp³-hybridized carbons (Fsp3) is 0.375. The Morgan fingerprint density at radius 1 is 1.50 bits per heavy atom. The number of ether oxygens (including phenoxy) is 1. The van der Waals surface area contributed by atoms with Crippen molar-refractivity contribution in [2.75, 3.05) is 13.2 Å². The lowest BCUT2D eigenvalue weighted by Crippen LogP contribution is -2.34. The van der Waals surface area contributed by atoms with Gasteiger partial charge >= 0.3 is 0 Å². The number of aliphatic hydroxyl groups is 1. The molecule has 0 fully saturated rings. The maximum atomic E-state index is 12.3. The molecule has 0 saturated heterocycles. The SMILES string of the molecule is Cc1ccccc1COCC(=O)N1Cc2[nH]ncc2C1CO. The van der Waals surface area contributed by atoms with Gasteiger partial charge in [0.1, 0.15) is 6.61 Å². The van der Waals surface area contributed by atoms with Crippen LogP contribution in [0.5, 0.6) is 0 Å². The molecule has 6 heteroatoms. The van der Waals surface area contributed by atoms with E-state index in [9.17, 15) is 9.90 Å². The smallest absolute Gasteiger partial charge is 0.249 e. The minimum absolute atomic E-state index is 0.00252. The van der Waals surface area contributed by atoms with Crippen LogP contribution >= 0.6 is 0 Å². The number of nitrogens with one attached hydrogen (secondary N) is 1. The molecular weight excluding hydrogens is 282 g/mol. The lowest BCUT2D eigenvalue weighted by Gasteiger charge is -2.23. The molecule has 1 aliphatic heterocycles. The first-order valence-electron chi connectivity index (χ1n) is 7.25. The Hall–Kier alpha value is -2.18. The van der Waals surface area contributed by atoms with Crippen molar-refractivity contribution in [2.24, 2.45) is 0 Å². The normalized spacial score (nSPS) is 16.8. The lowest BCUT2D eigenvalue weighted by atomic mass is 10.1. The Balaban J connectivity index is 1.57. The average molecular weight is 301 g/mol. The zero-order chi connectivity index (χ0) is 15.5. The third-order valence-corrected chi connectivity index (χ3v) is 4.05. The van der Waals surface area contributed by atoms with Gasteiger partial charge in [0.15, 0.2) is 0 Å². The van der Waals surface area contributed by atoms with Crippen LogP contribution in [0.4, 0.5) is 0 Å². The van der Waals surface area contributed by atoms with Gasteiger partial charge < -0.3 is 14.7 Å². The fourth-order valence-electron chi connectivity index (χ4n) is 2.75. The minimum Gasteiger partial charge on any atom is -0.394 e. The van der Waals surface area contributed by atoms with Gasteiger partial charge in [-0.15, -0.1) is 0 Å². The van der Waals surface area contributed by atoms with Gasteiger partial charge in [-0.3, -0.25) is 9.89 Å². The Kier molecular flexibility index (Phi) is 4.22. The molecule has 3 rings (SSSR count). The van der Waals surface area contributed by atoms with E-state index in [1.165, 1.54) is 0 Å². The number of amides is 1. The predicted octanol–water partition coefficient (Wildman–Crippen LogP) is 1.31. The first-order valence-corrected chi connectivity index (χ1v) is 7.25. The highest BCUT2D eigenvalue weighted by Crippen LogP contribution is 2.31. The van der Waals surface area contributed by atoms with E-state index in [-0.39, 0.29) is 25.2 Å². The first kappa shape index (κ1) is 14.7. The summed E-state index contributed by atoms with van der Waals surface area (Å²) in [4.78, 5) is 13.9. The number of benzene rings is 1. The molecule has 1 unspecified atom stereocenters. The van der Waals surface area contributed by atoms with E-state index in [1.54, 1.807) is 11.1 Å². The molecule has 0 saturated carbocycles. The van der Waals surface area contributed by atoms with E-state index in [1.807, 2.05) is 31.2 Å². The van der Waals surface area contributed by atoms with Crippen LogP contribution in [0.2, 0.25) is 0 Å². The average Bonchev–Trinajstić information content (AvgIpc) is 3.09. The molecule has 0 bridgehead atoms. The molecule has 22 heavy (non-hydrogen) atoms. The number of hydrogen-bond acceptors (Lipinski definition) is 4. The molecule has 2 N–H and O–H groups in total. The summed E-state index contributed by atoms with van der Waals surface area (Å²) in [5.74, 6) is -0.128. The number of rotatable bonds is 5. The fourth-order valence-corrected chi connectivity index (χ4v) is 2.75. The highest BCUT2D eigenvalue weighted by Gasteiger charge is 2.34. The van der Waals surface area contributed by atoms with Crippen LogP contribution in [0.25, 0.3) is 0 Å². The van der Waals surface area contributed by atoms with Crippen molar-refractivity contribution in [1.29, 1.82) is 0 Å². The second kappa shape index (κ2) is 6.29. The summed E-state index contributed by atoms with van der Waals surface area (Å²) in [6.07, 6.45) is 1.66. The number of hydrogen-bond donors (Lipinski definition) is 2. The third kappa shape index (κ3) is 2.75. The van der Waals surface area contributed by atoms with Crippen molar-refractivity contribution < 1.29 is 14.6 Å². The molecule has 1 aromatic carbocycles. The molecule has 116 valence electrons. The maximum absolute atomic E-state index is 12.3. The monoisotopic (exact) mass is 301 g/mol. The van der Waals surface area contributed by atoms with Gasteiger partial charge in [-0.25, -0.2) is 0 Å². The standard InChI is InChI=1S/C16H19N3O3/c1-11-4-2-3-5-12(11)9-22-10-16(21)19-7-14-13(6-17-18-14)15(19)8-20/h2-6,15,20H,7-10H2,1H3,(H,17,18). The van der Waals surface area contributed by atoms with Crippen molar-refractivity contribution in [3.63, 3.8) is 0 Å². The molecule has 0 radical (unpaired) electrons. The van der Waals surface area contributed by atoms with Gasteiger partial charge in [-0.2, -0.15) is 5.10 Å². The quantitative estimate of drug-likeness (QED) is 0.873. The molecule has 2 heterocycles. The topological polar surface area (TPSA) is 78.5 Å². The van der Waals surface area contributed by atoms with Crippen LogP contribution in [0, 0.1) is 6.92 Å². The number of carbonyl (C=O) groups excluding carboxylic acids is 1. The number of aliphatic hydroxyl groups excluding tert-OH is 1. The van der Waals surface area contributed by atoms with Crippen LogP contribution in [0.3, 0.4) is 0 Å². The van der Waals surface area contributed by atoms with Gasteiger partial charge in [-0.05, 0) is 18.1 Å². The summed E-state index contributed by atoms with van der Waals surface area (Å²) in [5, 5.41) is 16.3. The van der Waals surface area contributed by atoms with Crippen LogP contribution in [0.15, 0.2) is 30.5 Å². The van der Waals surface area contributed by atoms with Crippen molar-refractivity contribution in [2.45, 2.75) is 26.1 Å². The zero-order valence-corrected chi connectivity index (χ0v) is 12.5. The van der Waals surface area contributed by atoms with Crippen LogP contribution in [-0.2, 0) is 22.7 Å². The van der Waals surface area contributed by atoms with Gasteiger partial charge in [0.2, 0.25) is 5.91 Å². The second-order valence-electron chi connectivity index (χ2n) is 5.44. The van der Waals surface area contributed by atoms with E-state index < -0.39 is 0 Å². The molecule has 2 aromatic rings. The number of aromatic nitrogens is 2. The lowest BCUT2D eigenvalue weighted by molar-refractivity contribution is -0.140. The van der Waals surface area contributed by atoms with E-state index in [2.05, 4.69) is 10.2 Å². The van der Waals surface area contributed by atoms with Gasteiger partial charge in [0.05, 0.1) is 37.7 Å². The summed E-state index contributed by atoms with van der Waals surface area (Å²) >= 11 is 0. The molecule has 6 nitrogen and oxygen atoms in total. The molecule has 1 aliphatic rings. The summed E-state index contributed by atoms with van der Waals surface area (Å²) in [5.41, 5.74) is 3.98. The number of aryl methyl sites for hydroxylation is 1. The Labute approximate surface area is 128 Å². The number of H-pyrrole nitrogens is 1. The number of carbonyl (C=O) groups is 1. The summed E-state index contributed by atoms with van der Waals surface area (Å²) in [7, 11) is 0. The molecule has 0 spiro atoms. The van der Waals surface area contributed by atoms with Crippen molar-refractivity contribution >= 4 is 5.91 Å². The Bertz CT molecular complexity index is 668. The van der Waals surface area contributed by atoms with Gasteiger partial charge in [0.25, 0.3) is 0 Å². The van der Waals surface area contributed by atoms with Crippen molar-refractivity contribution in [3.8, 4) is 0 Å². The van der Waals surface area contributed by atoms with Crippen LogP contribution in [0.1, 0.15) is 28.4 Å². The van der Waals surface area contributed by atoms with E-state index in [4.69, 9.17) is 4.74 Å². The van der Waals surface area contributed by atoms with Crippen LogP contribution < -0.4 is 0 Å². The van der Waals surface area contributed by atoms with Crippen LogP contribution in [-0.4, -0.2) is 39.3 Å². The van der Waals surface area contributed by atoms with Crippen molar-refractivity contribution in [3.05, 3.63) is 52.8 Å². The van der Waals surface area contributed by atoms with Gasteiger partial charge in [-0.1, -0.05) is 24.3 Å². The number of fused-ring (bicyclic) bond motifs is 1. The highest BCUT2D eigenvalue weighted by molar-refractivity contribution is 5.78. The Morgan fingerprint density at radius 2 is 2.32 bits per heavy atom. The minimum atomic E-state index is -0.330. The number of nitrogens with zero attached hydrogens (tertiary/aromatic N) is 2. The summed E-state index contributed by atoms with van der Waals surface area (Å²) in [6.45, 7) is 2.75. The second-order valence-corrected chi connectivity index (χ2v) is 5.44. The van der Waals surface area contributed by atoms with Crippen molar-refractivity contribution in [1.82, 2.24) is 15.1 Å². The van der Waals surface area contributed by atoms with E-state index >= 15 is 0 Å². The number of aromatic amines is 1. The Morgan fingerprint density at radius 3 is 3.09 bits per heavy atom. The van der Waals surface area contributed by atoms with E-state index in [0.717, 1.165) is 22.4 Å². The highest BCUT2D eigenvalue weighted by atomic mass is 16.5. The summed E-state index contributed by atoms with van der Waals surface area (Å²) < 4.78 is 5.54. The molecule has 1 aromatic heterocycles. The first-order chi connectivity index (χ1) is 10.7.